The predicted octanol–water partition coefficient (Wildman–Crippen LogP) is 2.69. The maximum Gasteiger partial charge on any atom is 0.319 e. The van der Waals surface area contributed by atoms with E-state index in [0.717, 1.165) is 6.07 Å². The summed E-state index contributed by atoms with van der Waals surface area (Å²) >= 11 is 0. The maximum atomic E-state index is 15.4. The van der Waals surface area contributed by atoms with Crippen molar-refractivity contribution in [2.75, 3.05) is 23.4 Å². The molecule has 3 N–H and O–H groups in total. The lowest BCUT2D eigenvalue weighted by Gasteiger charge is -2.48. The third-order valence-electron chi connectivity index (χ3n) is 6.98. The number of rotatable bonds is 4. The Morgan fingerprint density at radius 1 is 1.22 bits per heavy atom. The number of nitrogens with zero attached hydrogens (tertiary/aromatic N) is 2. The third kappa shape index (κ3) is 4.08. The normalized spacial score (nSPS) is 22.6. The second-order valence-corrected chi connectivity index (χ2v) is 9.11. The molecule has 11 heteroatoms. The van der Waals surface area contributed by atoms with E-state index in [9.17, 15) is 18.8 Å². The molecule has 2 aromatic rings. The topological polar surface area (TPSA) is 124 Å². The number of piperidine rings is 1. The largest absolute Gasteiger partial charge is 0.491 e. The Morgan fingerprint density at radius 3 is 2.72 bits per heavy atom. The molecule has 3 heterocycles. The molecule has 5 rings (SSSR count). The van der Waals surface area contributed by atoms with Crippen molar-refractivity contribution < 1.29 is 27.9 Å². The van der Waals surface area contributed by atoms with Gasteiger partial charge in [0.15, 0.2) is 0 Å². The van der Waals surface area contributed by atoms with Gasteiger partial charge in [-0.2, -0.15) is 5.26 Å². The van der Waals surface area contributed by atoms with Gasteiger partial charge in [-0.3, -0.25) is 14.9 Å². The molecule has 4 amide bonds. The number of carbonyl (C=O) groups is 3. The summed E-state index contributed by atoms with van der Waals surface area (Å²) in [5, 5.41) is 16.3. The van der Waals surface area contributed by atoms with E-state index in [1.165, 1.54) is 18.2 Å². The highest BCUT2D eigenvalue weighted by Crippen LogP contribution is 2.46. The molecule has 2 aromatic carbocycles. The molecule has 0 bridgehead atoms. The molecular formula is C25H23F2N5O4. The number of hydrogen-bond donors (Lipinski definition) is 3. The van der Waals surface area contributed by atoms with Gasteiger partial charge < -0.3 is 20.3 Å². The minimum absolute atomic E-state index is 0.0485. The Hall–Kier alpha value is -4.20. The number of amides is 4. The molecule has 1 unspecified atom stereocenters. The third-order valence-corrected chi connectivity index (χ3v) is 6.98. The summed E-state index contributed by atoms with van der Waals surface area (Å²) in [6, 6.07) is 5.83. The molecule has 2 saturated heterocycles. The number of urea groups is 1. The molecule has 3 aliphatic rings. The SMILES string of the molecule is C[C@@H]1[C@@H](NC(=O)Nc2ccc(C#N)cc2F)CN1c1cc(F)c(C2CCC(=O)NC2=O)c2c1OCC2. The van der Waals surface area contributed by atoms with Gasteiger partial charge in [-0.05, 0) is 31.5 Å². The fourth-order valence-electron chi connectivity index (χ4n) is 5.01. The number of halogens is 2. The van der Waals surface area contributed by atoms with Gasteiger partial charge in [0.1, 0.15) is 17.4 Å². The van der Waals surface area contributed by atoms with Gasteiger partial charge in [-0.1, -0.05) is 0 Å². The number of hydrogen-bond acceptors (Lipinski definition) is 6. The van der Waals surface area contributed by atoms with Crippen LogP contribution in [0.4, 0.5) is 25.0 Å². The summed E-state index contributed by atoms with van der Waals surface area (Å²) in [6.07, 6.45) is 0.849. The molecule has 186 valence electrons. The summed E-state index contributed by atoms with van der Waals surface area (Å²) in [7, 11) is 0. The smallest absolute Gasteiger partial charge is 0.319 e. The Bertz CT molecular complexity index is 1320. The minimum atomic E-state index is -0.748. The van der Waals surface area contributed by atoms with Crippen LogP contribution in [0.5, 0.6) is 5.75 Å². The Kier molecular flexibility index (Phi) is 5.96. The first-order chi connectivity index (χ1) is 17.3. The van der Waals surface area contributed by atoms with Crippen LogP contribution in [0.2, 0.25) is 0 Å². The van der Waals surface area contributed by atoms with Gasteiger partial charge >= 0.3 is 6.03 Å². The molecule has 2 fully saturated rings. The van der Waals surface area contributed by atoms with Gasteiger partial charge in [-0.25, -0.2) is 13.6 Å². The molecule has 3 atom stereocenters. The first kappa shape index (κ1) is 23.5. The van der Waals surface area contributed by atoms with Crippen LogP contribution in [-0.2, 0) is 16.0 Å². The number of imide groups is 1. The highest BCUT2D eigenvalue weighted by atomic mass is 19.1. The van der Waals surface area contributed by atoms with Gasteiger partial charge in [0.25, 0.3) is 0 Å². The van der Waals surface area contributed by atoms with E-state index in [2.05, 4.69) is 16.0 Å². The Morgan fingerprint density at radius 2 is 2.03 bits per heavy atom. The molecule has 0 radical (unpaired) electrons. The van der Waals surface area contributed by atoms with Crippen LogP contribution < -0.4 is 25.6 Å². The average molecular weight is 495 g/mol. The van der Waals surface area contributed by atoms with Crippen LogP contribution in [0.1, 0.15) is 42.4 Å². The Labute approximate surface area is 205 Å². The van der Waals surface area contributed by atoms with Crippen molar-refractivity contribution >= 4 is 29.2 Å². The van der Waals surface area contributed by atoms with Crippen molar-refractivity contribution in [3.63, 3.8) is 0 Å². The number of nitrogens with one attached hydrogen (secondary N) is 3. The first-order valence-electron chi connectivity index (χ1n) is 11.6. The van der Waals surface area contributed by atoms with Gasteiger partial charge in [0.05, 0.1) is 41.6 Å². The lowest BCUT2D eigenvalue weighted by atomic mass is 9.85. The van der Waals surface area contributed by atoms with Crippen LogP contribution in [-0.4, -0.2) is 43.1 Å². The van der Waals surface area contributed by atoms with Crippen LogP contribution in [0.25, 0.3) is 0 Å². The van der Waals surface area contributed by atoms with E-state index in [4.69, 9.17) is 10.00 Å². The van der Waals surface area contributed by atoms with Gasteiger partial charge in [-0.15, -0.1) is 0 Å². The van der Waals surface area contributed by atoms with E-state index in [1.807, 2.05) is 17.9 Å². The zero-order valence-corrected chi connectivity index (χ0v) is 19.4. The summed E-state index contributed by atoms with van der Waals surface area (Å²) in [4.78, 5) is 38.2. The van der Waals surface area contributed by atoms with E-state index < -0.39 is 29.5 Å². The van der Waals surface area contributed by atoms with Gasteiger partial charge in [0.2, 0.25) is 11.8 Å². The van der Waals surface area contributed by atoms with Crippen molar-refractivity contribution in [2.45, 2.75) is 44.2 Å². The first-order valence-corrected chi connectivity index (χ1v) is 11.6. The molecule has 9 nitrogen and oxygen atoms in total. The molecule has 0 aromatic heterocycles. The highest BCUT2D eigenvalue weighted by molar-refractivity contribution is 6.01. The molecular weight excluding hydrogens is 472 g/mol. The lowest BCUT2D eigenvalue weighted by Crippen LogP contribution is -2.66. The summed E-state index contributed by atoms with van der Waals surface area (Å²) in [5.74, 6) is -2.33. The van der Waals surface area contributed by atoms with Crippen LogP contribution in [0.15, 0.2) is 24.3 Å². The van der Waals surface area contributed by atoms with E-state index in [1.54, 1.807) is 0 Å². The second kappa shape index (κ2) is 9.11. The van der Waals surface area contributed by atoms with E-state index >= 15 is 4.39 Å². The second-order valence-electron chi connectivity index (χ2n) is 9.11. The number of carbonyl (C=O) groups excluding carboxylic acids is 3. The summed E-state index contributed by atoms with van der Waals surface area (Å²) < 4.78 is 35.3. The van der Waals surface area contributed by atoms with Gasteiger partial charge in [0, 0.05) is 42.6 Å². The number of ether oxygens (including phenoxy) is 1. The predicted molar refractivity (Wildman–Crippen MR) is 125 cm³/mol. The van der Waals surface area contributed by atoms with E-state index in [-0.39, 0.29) is 47.6 Å². The maximum absolute atomic E-state index is 15.4. The average Bonchev–Trinajstić information content (AvgIpc) is 3.33. The number of anilines is 2. The highest BCUT2D eigenvalue weighted by Gasteiger charge is 2.41. The molecule has 3 aliphatic heterocycles. The van der Waals surface area contributed by atoms with Crippen molar-refractivity contribution in [3.05, 3.63) is 52.6 Å². The standard InChI is InChI=1S/C25H23F2N5O4/c1-12-19(30-25(35)29-18-4-2-13(10-28)8-16(18)26)11-32(12)20-9-17(27)22(14-6-7-36-23(14)20)15-3-5-21(33)31-24(15)34/h2,4,8-9,12,15,19H,3,5-7,11H2,1H3,(H2,29,30,35)(H,31,33,34)/t12-,15?,19+/m1/s1. The van der Waals surface area contributed by atoms with Crippen LogP contribution in [0, 0.1) is 23.0 Å². The number of fused-ring (bicyclic) bond motifs is 1. The van der Waals surface area contributed by atoms with Crippen LogP contribution >= 0.6 is 0 Å². The fraction of sp³-hybridized carbons (Fsp3) is 0.360. The number of benzene rings is 2. The van der Waals surface area contributed by atoms with Crippen molar-refractivity contribution in [3.8, 4) is 11.8 Å². The lowest BCUT2D eigenvalue weighted by molar-refractivity contribution is -0.134. The number of nitriles is 1. The monoisotopic (exact) mass is 495 g/mol. The fourth-order valence-corrected chi connectivity index (χ4v) is 5.01. The molecule has 0 spiro atoms. The molecule has 36 heavy (non-hydrogen) atoms. The Balaban J connectivity index is 1.29. The van der Waals surface area contributed by atoms with Crippen LogP contribution in [0.3, 0.4) is 0 Å². The molecule has 0 saturated carbocycles. The summed E-state index contributed by atoms with van der Waals surface area (Å²) in [5.41, 5.74) is 1.56. The quantitative estimate of drug-likeness (QED) is 0.561. The van der Waals surface area contributed by atoms with Crippen molar-refractivity contribution in [2.24, 2.45) is 0 Å². The summed E-state index contributed by atoms with van der Waals surface area (Å²) in [6.45, 7) is 2.59. The van der Waals surface area contributed by atoms with Crippen molar-refractivity contribution in [1.82, 2.24) is 10.6 Å². The molecule has 0 aliphatic carbocycles. The zero-order chi connectivity index (χ0) is 25.6. The zero-order valence-electron chi connectivity index (χ0n) is 19.4. The minimum Gasteiger partial charge on any atom is -0.491 e. The van der Waals surface area contributed by atoms with E-state index in [0.29, 0.717) is 36.6 Å². The van der Waals surface area contributed by atoms with Crippen molar-refractivity contribution in [1.29, 1.82) is 5.26 Å².